The summed E-state index contributed by atoms with van der Waals surface area (Å²) in [4.78, 5) is 22.6. The molecule has 0 bridgehead atoms. The first-order valence-electron chi connectivity index (χ1n) is 9.39. The SMILES string of the molecule is COCCOC1CCC(NC(=O)c2cc(-c3cncs3)nc3cn[nH]c23)CC1. The predicted octanol–water partition coefficient (Wildman–Crippen LogP) is 2.79. The molecule has 3 heterocycles. The minimum atomic E-state index is -0.105. The summed E-state index contributed by atoms with van der Waals surface area (Å²) in [6.07, 6.45) is 7.34. The molecule has 1 aliphatic carbocycles. The molecule has 1 amide bonds. The highest BCUT2D eigenvalue weighted by molar-refractivity contribution is 7.13. The molecule has 0 aliphatic heterocycles. The zero-order chi connectivity index (χ0) is 19.3. The highest BCUT2D eigenvalue weighted by Crippen LogP contribution is 2.27. The van der Waals surface area contributed by atoms with Crippen molar-refractivity contribution in [1.29, 1.82) is 0 Å². The molecule has 0 atom stereocenters. The Kier molecular flexibility index (Phi) is 5.94. The largest absolute Gasteiger partial charge is 0.382 e. The monoisotopic (exact) mass is 401 g/mol. The highest BCUT2D eigenvalue weighted by atomic mass is 32.1. The van der Waals surface area contributed by atoms with E-state index in [0.29, 0.717) is 29.8 Å². The van der Waals surface area contributed by atoms with Gasteiger partial charge in [0.15, 0.2) is 0 Å². The Morgan fingerprint density at radius 2 is 2.14 bits per heavy atom. The Bertz CT molecular complexity index is 919. The maximum absolute atomic E-state index is 13.0. The van der Waals surface area contributed by atoms with E-state index in [2.05, 4.69) is 25.5 Å². The number of aromatic amines is 1. The van der Waals surface area contributed by atoms with E-state index in [1.54, 1.807) is 25.0 Å². The highest BCUT2D eigenvalue weighted by Gasteiger charge is 2.24. The summed E-state index contributed by atoms with van der Waals surface area (Å²) in [7, 11) is 1.67. The van der Waals surface area contributed by atoms with Crippen LogP contribution in [0.1, 0.15) is 36.0 Å². The number of carbonyl (C=O) groups excluding carboxylic acids is 1. The van der Waals surface area contributed by atoms with Gasteiger partial charge in [0.25, 0.3) is 5.91 Å². The summed E-state index contributed by atoms with van der Waals surface area (Å²) in [5.41, 5.74) is 4.37. The number of nitrogens with zero attached hydrogens (tertiary/aromatic N) is 3. The standard InChI is InChI=1S/C19H23N5O3S/c1-26-6-7-27-13-4-2-12(3-5-13)22-19(25)14-8-15(17-10-20-11-28-17)23-16-9-21-24-18(14)16/h8-13H,2-7H2,1H3,(H,21,24)(H,22,25). The van der Waals surface area contributed by atoms with Gasteiger partial charge in [-0.3, -0.25) is 14.9 Å². The Labute approximate surface area is 166 Å². The first-order valence-corrected chi connectivity index (χ1v) is 10.3. The van der Waals surface area contributed by atoms with Crippen LogP contribution in [0.4, 0.5) is 0 Å². The van der Waals surface area contributed by atoms with Crippen LogP contribution in [0.25, 0.3) is 21.6 Å². The van der Waals surface area contributed by atoms with Crippen molar-refractivity contribution in [1.82, 2.24) is 25.5 Å². The van der Waals surface area contributed by atoms with Crippen molar-refractivity contribution < 1.29 is 14.3 Å². The number of fused-ring (bicyclic) bond motifs is 1. The van der Waals surface area contributed by atoms with Crippen LogP contribution < -0.4 is 5.32 Å². The van der Waals surface area contributed by atoms with Crippen LogP contribution in [0.5, 0.6) is 0 Å². The summed E-state index contributed by atoms with van der Waals surface area (Å²) in [5.74, 6) is -0.105. The van der Waals surface area contributed by atoms with Crippen LogP contribution in [0.15, 0.2) is 24.0 Å². The van der Waals surface area contributed by atoms with Crippen molar-refractivity contribution in [3.8, 4) is 10.6 Å². The van der Waals surface area contributed by atoms with Gasteiger partial charge in [0.1, 0.15) is 5.52 Å². The number of thiazole rings is 1. The van der Waals surface area contributed by atoms with Gasteiger partial charge in [-0.15, -0.1) is 11.3 Å². The lowest BCUT2D eigenvalue weighted by Gasteiger charge is -2.29. The first-order chi connectivity index (χ1) is 13.7. The van der Waals surface area contributed by atoms with Crippen LogP contribution >= 0.6 is 11.3 Å². The van der Waals surface area contributed by atoms with E-state index in [0.717, 1.165) is 36.3 Å². The third-order valence-corrected chi connectivity index (χ3v) is 5.79. The molecule has 0 unspecified atom stereocenters. The molecule has 148 valence electrons. The lowest BCUT2D eigenvalue weighted by Crippen LogP contribution is -2.39. The van der Waals surface area contributed by atoms with Crippen LogP contribution in [0, 0.1) is 0 Å². The average Bonchev–Trinajstić information content (AvgIpc) is 3.40. The molecule has 9 heteroatoms. The number of nitrogens with one attached hydrogen (secondary N) is 2. The van der Waals surface area contributed by atoms with Crippen molar-refractivity contribution in [2.75, 3.05) is 20.3 Å². The second kappa shape index (κ2) is 8.76. The molecule has 3 aromatic rings. The summed E-state index contributed by atoms with van der Waals surface area (Å²) in [6.45, 7) is 1.23. The third-order valence-electron chi connectivity index (χ3n) is 4.99. The van der Waals surface area contributed by atoms with E-state index >= 15 is 0 Å². The number of hydrogen-bond donors (Lipinski definition) is 2. The minimum absolute atomic E-state index is 0.105. The molecule has 0 aromatic carbocycles. The number of amides is 1. The molecule has 4 rings (SSSR count). The molecule has 0 spiro atoms. The summed E-state index contributed by atoms with van der Waals surface area (Å²) in [5, 5.41) is 10.1. The number of pyridine rings is 1. The number of H-pyrrole nitrogens is 1. The molecule has 0 radical (unpaired) electrons. The topological polar surface area (TPSA) is 102 Å². The van der Waals surface area contributed by atoms with Gasteiger partial charge >= 0.3 is 0 Å². The van der Waals surface area contributed by atoms with Gasteiger partial charge < -0.3 is 14.8 Å². The molecule has 8 nitrogen and oxygen atoms in total. The molecular formula is C19H23N5O3S. The van der Waals surface area contributed by atoms with Gasteiger partial charge in [-0.05, 0) is 31.7 Å². The zero-order valence-electron chi connectivity index (χ0n) is 15.7. The molecular weight excluding hydrogens is 378 g/mol. The van der Waals surface area contributed by atoms with Crippen LogP contribution in [0.3, 0.4) is 0 Å². The molecule has 1 saturated carbocycles. The smallest absolute Gasteiger partial charge is 0.253 e. The van der Waals surface area contributed by atoms with Gasteiger partial charge in [0.2, 0.25) is 0 Å². The van der Waals surface area contributed by atoms with E-state index in [1.807, 2.05) is 6.07 Å². The van der Waals surface area contributed by atoms with E-state index in [1.165, 1.54) is 11.3 Å². The lowest BCUT2D eigenvalue weighted by molar-refractivity contribution is -0.00408. The van der Waals surface area contributed by atoms with Crippen molar-refractivity contribution >= 4 is 28.3 Å². The molecule has 2 N–H and O–H groups in total. The fourth-order valence-electron chi connectivity index (χ4n) is 3.52. The number of ether oxygens (including phenoxy) is 2. The second-order valence-electron chi connectivity index (χ2n) is 6.86. The number of hydrogen-bond acceptors (Lipinski definition) is 7. The van der Waals surface area contributed by atoms with E-state index in [9.17, 15) is 4.79 Å². The summed E-state index contributed by atoms with van der Waals surface area (Å²) < 4.78 is 10.8. The van der Waals surface area contributed by atoms with E-state index in [4.69, 9.17) is 9.47 Å². The van der Waals surface area contributed by atoms with Crippen molar-refractivity contribution in [3.63, 3.8) is 0 Å². The van der Waals surface area contributed by atoms with Gasteiger partial charge in [0.05, 0.1) is 52.7 Å². The fourth-order valence-corrected chi connectivity index (χ4v) is 4.10. The zero-order valence-corrected chi connectivity index (χ0v) is 16.5. The maximum Gasteiger partial charge on any atom is 0.253 e. The molecule has 0 saturated heterocycles. The number of rotatable bonds is 7. The van der Waals surface area contributed by atoms with Crippen molar-refractivity contribution in [2.24, 2.45) is 0 Å². The molecule has 3 aromatic heterocycles. The van der Waals surface area contributed by atoms with Gasteiger partial charge in [0, 0.05) is 19.3 Å². The summed E-state index contributed by atoms with van der Waals surface area (Å²) >= 11 is 1.49. The molecule has 1 fully saturated rings. The van der Waals surface area contributed by atoms with Gasteiger partial charge in [-0.25, -0.2) is 4.98 Å². The molecule has 28 heavy (non-hydrogen) atoms. The lowest BCUT2D eigenvalue weighted by atomic mass is 9.92. The van der Waals surface area contributed by atoms with Crippen molar-refractivity contribution in [2.45, 2.75) is 37.8 Å². The minimum Gasteiger partial charge on any atom is -0.382 e. The molecule has 1 aliphatic rings. The van der Waals surface area contributed by atoms with Crippen LogP contribution in [-0.4, -0.2) is 58.5 Å². The predicted molar refractivity (Wildman–Crippen MR) is 106 cm³/mol. The van der Waals surface area contributed by atoms with Crippen LogP contribution in [-0.2, 0) is 9.47 Å². The maximum atomic E-state index is 13.0. The fraction of sp³-hybridized carbons (Fsp3) is 0.474. The Morgan fingerprint density at radius 3 is 2.89 bits per heavy atom. The van der Waals surface area contributed by atoms with Gasteiger partial charge in [-0.2, -0.15) is 5.10 Å². The number of methoxy groups -OCH3 is 1. The quantitative estimate of drug-likeness (QED) is 0.590. The first kappa shape index (κ1) is 19.0. The average molecular weight is 401 g/mol. The Balaban J connectivity index is 1.44. The van der Waals surface area contributed by atoms with Gasteiger partial charge in [-0.1, -0.05) is 0 Å². The number of carbonyl (C=O) groups is 1. The second-order valence-corrected chi connectivity index (χ2v) is 7.75. The van der Waals surface area contributed by atoms with Crippen molar-refractivity contribution in [3.05, 3.63) is 29.5 Å². The van der Waals surface area contributed by atoms with E-state index < -0.39 is 0 Å². The van der Waals surface area contributed by atoms with Crippen LogP contribution in [0.2, 0.25) is 0 Å². The van der Waals surface area contributed by atoms with E-state index in [-0.39, 0.29) is 18.1 Å². The third kappa shape index (κ3) is 4.21. The normalized spacial score (nSPS) is 19.8. The Hall–Kier alpha value is -2.36. The number of aromatic nitrogens is 4. The Morgan fingerprint density at radius 1 is 1.29 bits per heavy atom. The summed E-state index contributed by atoms with van der Waals surface area (Å²) in [6, 6.07) is 1.95.